The van der Waals surface area contributed by atoms with Crippen molar-refractivity contribution in [1.29, 1.82) is 0 Å². The van der Waals surface area contributed by atoms with Gasteiger partial charge in [0.05, 0.1) is 25.9 Å². The number of carbonyl (C=O) groups excluding carboxylic acids is 3. The van der Waals surface area contributed by atoms with E-state index in [4.69, 9.17) is 18.9 Å². The van der Waals surface area contributed by atoms with Crippen molar-refractivity contribution in [2.24, 2.45) is 0 Å². The second kappa shape index (κ2) is 10.3. The molecule has 0 radical (unpaired) electrons. The van der Waals surface area contributed by atoms with Crippen molar-refractivity contribution in [3.63, 3.8) is 0 Å². The fourth-order valence-electron chi connectivity index (χ4n) is 4.12. The molecule has 0 bridgehead atoms. The minimum Gasteiger partial charge on any atom is -0.493 e. The molecule has 0 fully saturated rings. The third-order valence-corrected chi connectivity index (χ3v) is 5.44. The SMILES string of the molecule is CCOC(=O)COc1ccc([C@@H]2C(C(=O)OCC)=C(C)NC3=C2C(=O)CCC3)cc1OC. The average molecular weight is 443 g/mol. The quantitative estimate of drug-likeness (QED) is 0.612. The van der Waals surface area contributed by atoms with Gasteiger partial charge < -0.3 is 24.3 Å². The molecule has 0 saturated carbocycles. The lowest BCUT2D eigenvalue weighted by Gasteiger charge is -2.34. The monoisotopic (exact) mass is 443 g/mol. The van der Waals surface area contributed by atoms with E-state index in [1.54, 1.807) is 32.0 Å². The number of ketones is 1. The zero-order valence-electron chi connectivity index (χ0n) is 18.9. The molecule has 0 unspecified atom stereocenters. The Balaban J connectivity index is 2.03. The molecule has 3 rings (SSSR count). The van der Waals surface area contributed by atoms with E-state index in [1.165, 1.54) is 7.11 Å². The molecule has 1 aliphatic heterocycles. The van der Waals surface area contributed by atoms with Crippen LogP contribution < -0.4 is 14.8 Å². The van der Waals surface area contributed by atoms with E-state index in [0.29, 0.717) is 40.3 Å². The summed E-state index contributed by atoms with van der Waals surface area (Å²) in [6, 6.07) is 5.18. The molecule has 1 aliphatic carbocycles. The van der Waals surface area contributed by atoms with Crippen molar-refractivity contribution in [1.82, 2.24) is 5.32 Å². The molecular weight excluding hydrogens is 414 g/mol. The van der Waals surface area contributed by atoms with Gasteiger partial charge in [0.15, 0.2) is 23.9 Å². The van der Waals surface area contributed by atoms with Gasteiger partial charge in [-0.15, -0.1) is 0 Å². The number of hydrogen-bond acceptors (Lipinski definition) is 8. The number of allylic oxidation sites excluding steroid dienone is 3. The van der Waals surface area contributed by atoms with Crippen LogP contribution in [0.25, 0.3) is 0 Å². The Bertz CT molecular complexity index is 977. The molecule has 8 nitrogen and oxygen atoms in total. The van der Waals surface area contributed by atoms with E-state index < -0.39 is 17.9 Å². The normalized spacial score (nSPS) is 18.0. The number of rotatable bonds is 8. The maximum Gasteiger partial charge on any atom is 0.344 e. The summed E-state index contributed by atoms with van der Waals surface area (Å²) in [6.07, 6.45) is 1.94. The first-order valence-corrected chi connectivity index (χ1v) is 10.8. The van der Waals surface area contributed by atoms with E-state index in [0.717, 1.165) is 18.5 Å². The van der Waals surface area contributed by atoms with Crippen molar-refractivity contribution in [2.45, 2.75) is 46.0 Å². The fourth-order valence-corrected chi connectivity index (χ4v) is 4.12. The summed E-state index contributed by atoms with van der Waals surface area (Å²) in [4.78, 5) is 37.4. The molecule has 1 N–H and O–H groups in total. The molecule has 0 amide bonds. The number of benzene rings is 1. The van der Waals surface area contributed by atoms with E-state index in [-0.39, 0.29) is 25.6 Å². The first kappa shape index (κ1) is 23.4. The predicted octanol–water partition coefficient (Wildman–Crippen LogP) is 3.17. The van der Waals surface area contributed by atoms with Gasteiger partial charge in [-0.25, -0.2) is 9.59 Å². The summed E-state index contributed by atoms with van der Waals surface area (Å²) < 4.78 is 21.2. The number of methoxy groups -OCH3 is 1. The third kappa shape index (κ3) is 4.79. The number of carbonyl (C=O) groups is 3. The summed E-state index contributed by atoms with van der Waals surface area (Å²) in [7, 11) is 1.49. The van der Waals surface area contributed by atoms with Crippen LogP contribution in [0, 0.1) is 0 Å². The van der Waals surface area contributed by atoms with Crippen molar-refractivity contribution >= 4 is 17.7 Å². The highest BCUT2D eigenvalue weighted by Gasteiger charge is 2.39. The first-order valence-electron chi connectivity index (χ1n) is 10.8. The highest BCUT2D eigenvalue weighted by atomic mass is 16.6. The van der Waals surface area contributed by atoms with Gasteiger partial charge in [-0.1, -0.05) is 6.07 Å². The lowest BCUT2D eigenvalue weighted by molar-refractivity contribution is -0.145. The van der Waals surface area contributed by atoms with Crippen LogP contribution in [0.2, 0.25) is 0 Å². The van der Waals surface area contributed by atoms with Crippen LogP contribution in [-0.2, 0) is 23.9 Å². The van der Waals surface area contributed by atoms with Gasteiger partial charge in [0.2, 0.25) is 0 Å². The molecule has 0 aromatic heterocycles. The molecule has 0 saturated heterocycles. The molecule has 172 valence electrons. The van der Waals surface area contributed by atoms with Crippen molar-refractivity contribution in [3.05, 3.63) is 46.3 Å². The van der Waals surface area contributed by atoms with Gasteiger partial charge >= 0.3 is 11.9 Å². The van der Waals surface area contributed by atoms with Crippen molar-refractivity contribution < 1.29 is 33.3 Å². The maximum atomic E-state index is 12.9. The molecule has 1 heterocycles. The summed E-state index contributed by atoms with van der Waals surface area (Å²) >= 11 is 0. The summed E-state index contributed by atoms with van der Waals surface area (Å²) in [5.74, 6) is -0.764. The highest BCUT2D eigenvalue weighted by Crippen LogP contribution is 2.44. The van der Waals surface area contributed by atoms with E-state index in [1.807, 2.05) is 6.92 Å². The Morgan fingerprint density at radius 2 is 1.84 bits per heavy atom. The highest BCUT2D eigenvalue weighted by molar-refractivity contribution is 6.03. The number of nitrogens with one attached hydrogen (secondary N) is 1. The van der Waals surface area contributed by atoms with Crippen LogP contribution in [-0.4, -0.2) is 44.7 Å². The molecule has 0 spiro atoms. The van der Waals surface area contributed by atoms with Crippen molar-refractivity contribution in [2.75, 3.05) is 26.9 Å². The maximum absolute atomic E-state index is 12.9. The van der Waals surface area contributed by atoms with Crippen LogP contribution in [0.5, 0.6) is 11.5 Å². The summed E-state index contributed by atoms with van der Waals surface area (Å²) in [5, 5.41) is 3.25. The Hall–Kier alpha value is -3.29. The van der Waals surface area contributed by atoms with Gasteiger partial charge in [0.1, 0.15) is 0 Å². The van der Waals surface area contributed by atoms with Gasteiger partial charge in [0, 0.05) is 29.3 Å². The van der Waals surface area contributed by atoms with E-state index in [2.05, 4.69) is 5.32 Å². The van der Waals surface area contributed by atoms with Gasteiger partial charge in [-0.2, -0.15) is 0 Å². The minimum atomic E-state index is -0.578. The molecule has 8 heteroatoms. The minimum absolute atomic E-state index is 0.0136. The fraction of sp³-hybridized carbons (Fsp3) is 0.458. The molecule has 1 aromatic carbocycles. The molecule has 2 aliphatic rings. The predicted molar refractivity (Wildman–Crippen MR) is 116 cm³/mol. The van der Waals surface area contributed by atoms with Gasteiger partial charge in [0.25, 0.3) is 0 Å². The Morgan fingerprint density at radius 3 is 2.53 bits per heavy atom. The van der Waals surface area contributed by atoms with Crippen LogP contribution in [0.3, 0.4) is 0 Å². The topological polar surface area (TPSA) is 100 Å². The molecular formula is C24H29NO7. The molecule has 1 aromatic rings. The van der Waals surface area contributed by atoms with E-state index >= 15 is 0 Å². The molecule has 32 heavy (non-hydrogen) atoms. The lowest BCUT2D eigenvalue weighted by atomic mass is 9.75. The van der Waals surface area contributed by atoms with Crippen molar-refractivity contribution in [3.8, 4) is 11.5 Å². The third-order valence-electron chi connectivity index (χ3n) is 5.44. The van der Waals surface area contributed by atoms with Crippen LogP contribution >= 0.6 is 0 Å². The van der Waals surface area contributed by atoms with Gasteiger partial charge in [-0.3, -0.25) is 4.79 Å². The Kier molecular flexibility index (Phi) is 7.56. The lowest BCUT2D eigenvalue weighted by Crippen LogP contribution is -2.34. The van der Waals surface area contributed by atoms with Crippen LogP contribution in [0.15, 0.2) is 40.7 Å². The molecule has 1 atom stereocenters. The van der Waals surface area contributed by atoms with Crippen LogP contribution in [0.4, 0.5) is 0 Å². The second-order valence-electron chi connectivity index (χ2n) is 7.49. The second-order valence-corrected chi connectivity index (χ2v) is 7.49. The summed E-state index contributed by atoms with van der Waals surface area (Å²) in [5.41, 5.74) is 3.22. The van der Waals surface area contributed by atoms with Gasteiger partial charge in [-0.05, 0) is 51.3 Å². The smallest absolute Gasteiger partial charge is 0.344 e. The summed E-state index contributed by atoms with van der Waals surface area (Å²) in [6.45, 7) is 5.52. The number of esters is 2. The number of ether oxygens (including phenoxy) is 4. The first-order chi connectivity index (χ1) is 15.4. The Labute approximate surface area is 187 Å². The standard InChI is InChI=1S/C24H29NO7/c1-5-30-20(27)13-32-18-11-10-15(12-19(18)29-4)22-21(24(28)31-6-2)14(3)25-16-8-7-9-17(26)23(16)22/h10-12,22,25H,5-9,13H2,1-4H3/t22-/m1/s1. The number of Topliss-reactive ketones (excluding diaryl/α,β-unsaturated/α-hetero) is 1. The zero-order chi connectivity index (χ0) is 23.3. The Morgan fingerprint density at radius 1 is 1.09 bits per heavy atom. The number of hydrogen-bond donors (Lipinski definition) is 1. The van der Waals surface area contributed by atoms with Crippen LogP contribution in [0.1, 0.15) is 51.5 Å². The largest absolute Gasteiger partial charge is 0.493 e. The van der Waals surface area contributed by atoms with E-state index in [9.17, 15) is 14.4 Å². The zero-order valence-corrected chi connectivity index (χ0v) is 18.9. The average Bonchev–Trinajstić information content (AvgIpc) is 2.77. The number of dihydropyridines is 1.